The molecule has 16 heavy (non-hydrogen) atoms. The highest BCUT2D eigenvalue weighted by atomic mass is 16.5. The van der Waals surface area contributed by atoms with Crippen molar-refractivity contribution in [3.8, 4) is 0 Å². The zero-order chi connectivity index (χ0) is 12.2. The van der Waals surface area contributed by atoms with Crippen LogP contribution in [-0.2, 0) is 14.3 Å². The van der Waals surface area contributed by atoms with Crippen LogP contribution in [-0.4, -0.2) is 18.4 Å². The lowest BCUT2D eigenvalue weighted by Crippen LogP contribution is -2.11. The maximum atomic E-state index is 11.3. The summed E-state index contributed by atoms with van der Waals surface area (Å²) in [7, 11) is 0. The fourth-order valence-electron chi connectivity index (χ4n) is 1.41. The molecule has 0 saturated carbocycles. The first-order valence-electron chi connectivity index (χ1n) is 6.38. The fourth-order valence-corrected chi connectivity index (χ4v) is 1.41. The Bertz CT molecular complexity index is 199. The van der Waals surface area contributed by atoms with Gasteiger partial charge in [-0.05, 0) is 12.8 Å². The molecule has 0 saturated heterocycles. The molecule has 94 valence electrons. The van der Waals surface area contributed by atoms with Gasteiger partial charge in [0.25, 0.3) is 0 Å². The number of rotatable bonds is 10. The highest BCUT2D eigenvalue weighted by Gasteiger charge is 2.09. The first-order chi connectivity index (χ1) is 7.70. The fraction of sp³-hybridized carbons (Fsp3) is 0.846. The summed E-state index contributed by atoms with van der Waals surface area (Å²) < 4.78 is 4.96. The number of hydrogen-bond donors (Lipinski definition) is 0. The van der Waals surface area contributed by atoms with Gasteiger partial charge in [0.05, 0.1) is 6.61 Å². The summed E-state index contributed by atoms with van der Waals surface area (Å²) in [6.45, 7) is 4.64. The number of carbonyl (C=O) groups excluding carboxylic acids is 2. The smallest absolute Gasteiger partial charge is 0.313 e. The molecule has 0 aromatic rings. The van der Waals surface area contributed by atoms with E-state index in [1.165, 1.54) is 0 Å². The van der Waals surface area contributed by atoms with Gasteiger partial charge in [0.1, 0.15) is 12.2 Å². The van der Waals surface area contributed by atoms with Crippen molar-refractivity contribution < 1.29 is 14.3 Å². The zero-order valence-corrected chi connectivity index (χ0v) is 10.6. The normalized spacial score (nSPS) is 10.1. The second kappa shape index (κ2) is 10.7. The Morgan fingerprint density at radius 1 is 0.938 bits per heavy atom. The third-order valence-electron chi connectivity index (χ3n) is 2.41. The van der Waals surface area contributed by atoms with Gasteiger partial charge < -0.3 is 4.74 Å². The topological polar surface area (TPSA) is 43.4 Å². The Kier molecular flexibility index (Phi) is 10.1. The molecule has 0 heterocycles. The van der Waals surface area contributed by atoms with E-state index in [-0.39, 0.29) is 18.2 Å². The van der Waals surface area contributed by atoms with E-state index in [2.05, 4.69) is 13.8 Å². The Labute approximate surface area is 98.6 Å². The summed E-state index contributed by atoms with van der Waals surface area (Å²) in [5, 5.41) is 0. The molecule has 0 atom stereocenters. The molecule has 0 unspecified atom stereocenters. The molecule has 0 spiro atoms. The standard InChI is InChI=1S/C13H24O3/c1-3-5-7-9-12(14)11-13(15)16-10-8-6-4-2/h3-11H2,1-2H3. The van der Waals surface area contributed by atoms with Crippen LogP contribution in [0.4, 0.5) is 0 Å². The van der Waals surface area contributed by atoms with Crippen LogP contribution in [0.25, 0.3) is 0 Å². The highest BCUT2D eigenvalue weighted by molar-refractivity contribution is 5.95. The molecule has 0 amide bonds. The molecule has 0 aliphatic rings. The van der Waals surface area contributed by atoms with E-state index in [0.717, 1.165) is 38.5 Å². The largest absolute Gasteiger partial charge is 0.465 e. The highest BCUT2D eigenvalue weighted by Crippen LogP contribution is 2.03. The van der Waals surface area contributed by atoms with Crippen LogP contribution < -0.4 is 0 Å². The average Bonchev–Trinajstić information content (AvgIpc) is 2.25. The molecule has 0 aromatic heterocycles. The Hall–Kier alpha value is -0.860. The Morgan fingerprint density at radius 2 is 1.56 bits per heavy atom. The molecular weight excluding hydrogens is 204 g/mol. The Balaban J connectivity index is 3.43. The summed E-state index contributed by atoms with van der Waals surface area (Å²) in [5.41, 5.74) is 0. The van der Waals surface area contributed by atoms with Crippen LogP contribution >= 0.6 is 0 Å². The van der Waals surface area contributed by atoms with E-state index < -0.39 is 0 Å². The van der Waals surface area contributed by atoms with Crippen LogP contribution in [0.5, 0.6) is 0 Å². The molecule has 0 bridgehead atoms. The second-order valence-electron chi connectivity index (χ2n) is 4.10. The van der Waals surface area contributed by atoms with Crippen LogP contribution in [0.3, 0.4) is 0 Å². The minimum absolute atomic E-state index is 0.00828. The van der Waals surface area contributed by atoms with E-state index >= 15 is 0 Å². The number of carbonyl (C=O) groups is 2. The lowest BCUT2D eigenvalue weighted by molar-refractivity contribution is -0.146. The number of unbranched alkanes of at least 4 members (excludes halogenated alkanes) is 4. The lowest BCUT2D eigenvalue weighted by atomic mass is 10.1. The van der Waals surface area contributed by atoms with Gasteiger partial charge in [-0.15, -0.1) is 0 Å². The average molecular weight is 228 g/mol. The van der Waals surface area contributed by atoms with E-state index in [1.807, 2.05) is 0 Å². The molecule has 0 aromatic carbocycles. The van der Waals surface area contributed by atoms with Crippen molar-refractivity contribution in [2.45, 2.75) is 65.2 Å². The second-order valence-corrected chi connectivity index (χ2v) is 4.10. The molecule has 3 nitrogen and oxygen atoms in total. The van der Waals surface area contributed by atoms with Gasteiger partial charge in [-0.25, -0.2) is 0 Å². The van der Waals surface area contributed by atoms with Crippen LogP contribution in [0.15, 0.2) is 0 Å². The van der Waals surface area contributed by atoms with Gasteiger partial charge >= 0.3 is 5.97 Å². The van der Waals surface area contributed by atoms with Gasteiger partial charge in [-0.2, -0.15) is 0 Å². The molecule has 0 fully saturated rings. The SMILES string of the molecule is CCCCCOC(=O)CC(=O)CCCCC. The molecule has 3 heteroatoms. The number of esters is 1. The molecule has 0 aliphatic heterocycles. The van der Waals surface area contributed by atoms with E-state index in [0.29, 0.717) is 13.0 Å². The van der Waals surface area contributed by atoms with E-state index in [9.17, 15) is 9.59 Å². The van der Waals surface area contributed by atoms with Crippen molar-refractivity contribution in [1.82, 2.24) is 0 Å². The van der Waals surface area contributed by atoms with E-state index in [1.54, 1.807) is 0 Å². The third-order valence-corrected chi connectivity index (χ3v) is 2.41. The van der Waals surface area contributed by atoms with Gasteiger partial charge in [0.15, 0.2) is 0 Å². The minimum Gasteiger partial charge on any atom is -0.465 e. The summed E-state index contributed by atoms with van der Waals surface area (Å²) >= 11 is 0. The summed E-state index contributed by atoms with van der Waals surface area (Å²) in [4.78, 5) is 22.5. The first-order valence-corrected chi connectivity index (χ1v) is 6.38. The maximum absolute atomic E-state index is 11.3. The van der Waals surface area contributed by atoms with Crippen LogP contribution in [0, 0.1) is 0 Å². The van der Waals surface area contributed by atoms with Crippen LogP contribution in [0.1, 0.15) is 65.2 Å². The molecule has 0 radical (unpaired) electrons. The van der Waals surface area contributed by atoms with Gasteiger partial charge in [-0.1, -0.05) is 39.5 Å². The van der Waals surface area contributed by atoms with Gasteiger partial charge in [-0.3, -0.25) is 9.59 Å². The van der Waals surface area contributed by atoms with Crippen molar-refractivity contribution in [1.29, 1.82) is 0 Å². The van der Waals surface area contributed by atoms with Crippen molar-refractivity contribution in [3.63, 3.8) is 0 Å². The third kappa shape index (κ3) is 9.69. The summed E-state index contributed by atoms with van der Waals surface area (Å²) in [6, 6.07) is 0. The van der Waals surface area contributed by atoms with Crippen molar-refractivity contribution >= 4 is 11.8 Å². The van der Waals surface area contributed by atoms with Crippen molar-refractivity contribution in [2.75, 3.05) is 6.61 Å². The number of ketones is 1. The van der Waals surface area contributed by atoms with Gasteiger partial charge in [0.2, 0.25) is 0 Å². The first kappa shape index (κ1) is 15.1. The van der Waals surface area contributed by atoms with Crippen molar-refractivity contribution in [2.24, 2.45) is 0 Å². The maximum Gasteiger partial charge on any atom is 0.313 e. The zero-order valence-electron chi connectivity index (χ0n) is 10.6. The van der Waals surface area contributed by atoms with E-state index in [4.69, 9.17) is 4.74 Å². The van der Waals surface area contributed by atoms with Crippen molar-refractivity contribution in [3.05, 3.63) is 0 Å². The number of ether oxygens (including phenoxy) is 1. The molecule has 0 N–H and O–H groups in total. The molecular formula is C13H24O3. The minimum atomic E-state index is -0.363. The Morgan fingerprint density at radius 3 is 2.19 bits per heavy atom. The van der Waals surface area contributed by atoms with Gasteiger partial charge in [0, 0.05) is 6.42 Å². The molecule has 0 aliphatic carbocycles. The lowest BCUT2D eigenvalue weighted by Gasteiger charge is -2.03. The van der Waals surface area contributed by atoms with Crippen LogP contribution in [0.2, 0.25) is 0 Å². The number of hydrogen-bond acceptors (Lipinski definition) is 3. The monoisotopic (exact) mass is 228 g/mol. The summed E-state index contributed by atoms with van der Waals surface area (Å²) in [6.07, 6.45) is 6.57. The number of Topliss-reactive ketones (excluding diaryl/α,β-unsaturated/α-hetero) is 1. The predicted octanol–water partition coefficient (Wildman–Crippen LogP) is 3.26. The predicted molar refractivity (Wildman–Crippen MR) is 64.3 cm³/mol. The molecule has 0 rings (SSSR count). The quantitative estimate of drug-likeness (QED) is 0.327. The summed E-state index contributed by atoms with van der Waals surface area (Å²) in [5.74, 6) is -0.355.